The molecule has 168 valence electrons. The molecule has 0 aliphatic rings. The van der Waals surface area contributed by atoms with Gasteiger partial charge in [-0.3, -0.25) is 0 Å². The Balaban J connectivity index is 1.96. The van der Waals surface area contributed by atoms with E-state index in [1.807, 2.05) is 18.2 Å². The molecule has 0 spiro atoms. The molecule has 0 heterocycles. The van der Waals surface area contributed by atoms with Crippen LogP contribution in [-0.2, 0) is 6.61 Å². The van der Waals surface area contributed by atoms with E-state index in [0.29, 0.717) is 6.61 Å². The molecule has 0 amide bonds. The van der Waals surface area contributed by atoms with Gasteiger partial charge in [-0.1, -0.05) is 102 Å². The van der Waals surface area contributed by atoms with Gasteiger partial charge in [0.15, 0.2) is 0 Å². The Kier molecular flexibility index (Phi) is 12.4. The highest BCUT2D eigenvalue weighted by atomic mass is 16.5. The maximum Gasteiger partial charge on any atom is 0.132 e. The highest BCUT2D eigenvalue weighted by molar-refractivity contribution is 5.94. The molecule has 3 heteroatoms. The van der Waals surface area contributed by atoms with Gasteiger partial charge in [0.25, 0.3) is 0 Å². The topological polar surface area (TPSA) is 38.7 Å². The van der Waals surface area contributed by atoms with E-state index in [-0.39, 0.29) is 6.61 Å². The summed E-state index contributed by atoms with van der Waals surface area (Å²) in [4.78, 5) is 0. The van der Waals surface area contributed by atoms with Crippen molar-refractivity contribution in [1.82, 2.24) is 0 Å². The molecule has 0 aliphatic carbocycles. The van der Waals surface area contributed by atoms with Gasteiger partial charge < -0.3 is 14.6 Å². The zero-order valence-electron chi connectivity index (χ0n) is 19.3. The van der Waals surface area contributed by atoms with Gasteiger partial charge in [0.1, 0.15) is 11.5 Å². The van der Waals surface area contributed by atoms with Crippen LogP contribution in [0.3, 0.4) is 0 Å². The van der Waals surface area contributed by atoms with E-state index in [1.165, 1.54) is 64.2 Å². The van der Waals surface area contributed by atoms with Crippen LogP contribution in [-0.4, -0.2) is 18.3 Å². The second-order valence-corrected chi connectivity index (χ2v) is 8.30. The Morgan fingerprint density at radius 2 is 1.20 bits per heavy atom. The van der Waals surface area contributed by atoms with Crippen molar-refractivity contribution < 1.29 is 14.6 Å². The fraction of sp³-hybridized carbons (Fsp3) is 0.630. The van der Waals surface area contributed by atoms with Crippen molar-refractivity contribution in [2.45, 2.75) is 97.5 Å². The van der Waals surface area contributed by atoms with Crippen LogP contribution in [0.1, 0.15) is 96.5 Å². The van der Waals surface area contributed by atoms with E-state index in [1.54, 1.807) is 0 Å². The van der Waals surface area contributed by atoms with Crippen LogP contribution in [0.4, 0.5) is 0 Å². The average molecular weight is 415 g/mol. The lowest BCUT2D eigenvalue weighted by molar-refractivity contribution is 0.259. The van der Waals surface area contributed by atoms with Gasteiger partial charge in [0, 0.05) is 16.3 Å². The molecule has 1 N–H and O–H groups in total. The molecule has 0 radical (unpaired) electrons. The maximum atomic E-state index is 9.96. The second-order valence-electron chi connectivity index (χ2n) is 8.30. The summed E-state index contributed by atoms with van der Waals surface area (Å²) >= 11 is 0. The van der Waals surface area contributed by atoms with E-state index < -0.39 is 0 Å². The summed E-state index contributed by atoms with van der Waals surface area (Å²) in [6, 6.07) is 10.2. The van der Waals surface area contributed by atoms with E-state index in [2.05, 4.69) is 26.0 Å². The Morgan fingerprint density at radius 1 is 0.667 bits per heavy atom. The molecule has 0 aliphatic heterocycles. The molecule has 2 aromatic rings. The lowest BCUT2D eigenvalue weighted by Gasteiger charge is -2.17. The fourth-order valence-corrected chi connectivity index (χ4v) is 3.90. The minimum Gasteiger partial charge on any atom is -0.493 e. The third-order valence-electron chi connectivity index (χ3n) is 5.70. The number of fused-ring (bicyclic) bond motifs is 1. The summed E-state index contributed by atoms with van der Waals surface area (Å²) in [5.74, 6) is 1.67. The summed E-state index contributed by atoms with van der Waals surface area (Å²) in [6.45, 7) is 5.86. The molecular formula is C27H42O3. The van der Waals surface area contributed by atoms with Crippen LogP contribution in [0.5, 0.6) is 11.5 Å². The van der Waals surface area contributed by atoms with Crippen LogP contribution < -0.4 is 9.47 Å². The Bertz CT molecular complexity index is 711. The van der Waals surface area contributed by atoms with E-state index in [0.717, 1.165) is 47.3 Å². The Labute approximate surface area is 183 Å². The maximum absolute atomic E-state index is 9.96. The molecule has 0 fully saturated rings. The Hall–Kier alpha value is -1.74. The number of unbranched alkanes of at least 4 members (excludes halogenated alkanes) is 10. The van der Waals surface area contributed by atoms with E-state index >= 15 is 0 Å². The predicted octanol–water partition coefficient (Wildman–Crippen LogP) is 7.81. The number of hydrogen-bond acceptors (Lipinski definition) is 3. The quantitative estimate of drug-likeness (QED) is 0.268. The lowest BCUT2D eigenvalue weighted by Crippen LogP contribution is -2.04. The minimum absolute atomic E-state index is 0.0377. The summed E-state index contributed by atoms with van der Waals surface area (Å²) in [7, 11) is 0. The van der Waals surface area contributed by atoms with Crippen molar-refractivity contribution >= 4 is 10.8 Å². The highest BCUT2D eigenvalue weighted by Gasteiger charge is 2.14. The van der Waals surface area contributed by atoms with Crippen LogP contribution >= 0.6 is 0 Å². The van der Waals surface area contributed by atoms with Crippen LogP contribution in [0.25, 0.3) is 10.8 Å². The Morgan fingerprint density at radius 3 is 1.80 bits per heavy atom. The zero-order chi connectivity index (χ0) is 21.4. The summed E-state index contributed by atoms with van der Waals surface area (Å²) in [6.07, 6.45) is 14.9. The first-order valence-corrected chi connectivity index (χ1v) is 12.2. The lowest BCUT2D eigenvalue weighted by atomic mass is 10.0. The molecule has 0 aromatic heterocycles. The van der Waals surface area contributed by atoms with Crippen molar-refractivity contribution in [2.24, 2.45) is 0 Å². The molecule has 0 atom stereocenters. The highest BCUT2D eigenvalue weighted by Crippen LogP contribution is 2.37. The average Bonchev–Trinajstić information content (AvgIpc) is 2.78. The monoisotopic (exact) mass is 414 g/mol. The first-order valence-electron chi connectivity index (χ1n) is 12.2. The minimum atomic E-state index is -0.0377. The number of hydrogen-bond donors (Lipinski definition) is 1. The summed E-state index contributed by atoms with van der Waals surface area (Å²) < 4.78 is 12.3. The smallest absolute Gasteiger partial charge is 0.132 e. The van der Waals surface area contributed by atoms with E-state index in [9.17, 15) is 5.11 Å². The zero-order valence-corrected chi connectivity index (χ0v) is 19.3. The number of aliphatic hydroxyl groups is 1. The summed E-state index contributed by atoms with van der Waals surface area (Å²) in [5.41, 5.74) is 0.817. The van der Waals surface area contributed by atoms with Gasteiger partial charge in [0.2, 0.25) is 0 Å². The molecule has 2 rings (SSSR count). The molecule has 2 aromatic carbocycles. The first kappa shape index (κ1) is 24.5. The number of rotatable bonds is 17. The largest absolute Gasteiger partial charge is 0.493 e. The second kappa shape index (κ2) is 15.1. The van der Waals surface area contributed by atoms with E-state index in [4.69, 9.17) is 9.47 Å². The van der Waals surface area contributed by atoms with Crippen LogP contribution in [0, 0.1) is 0 Å². The van der Waals surface area contributed by atoms with Gasteiger partial charge in [-0.05, 0) is 18.9 Å². The normalized spacial score (nSPS) is 11.2. The van der Waals surface area contributed by atoms with Crippen molar-refractivity contribution in [1.29, 1.82) is 0 Å². The molecule has 0 saturated carbocycles. The van der Waals surface area contributed by atoms with Gasteiger partial charge in [-0.15, -0.1) is 0 Å². The first-order chi connectivity index (χ1) is 14.8. The third-order valence-corrected chi connectivity index (χ3v) is 5.70. The van der Waals surface area contributed by atoms with Crippen molar-refractivity contribution in [2.75, 3.05) is 13.2 Å². The summed E-state index contributed by atoms with van der Waals surface area (Å²) in [5, 5.41) is 12.1. The number of aliphatic hydroxyl groups excluding tert-OH is 1. The van der Waals surface area contributed by atoms with Crippen LogP contribution in [0.2, 0.25) is 0 Å². The van der Waals surface area contributed by atoms with Crippen molar-refractivity contribution in [3.63, 3.8) is 0 Å². The molecule has 0 unspecified atom stereocenters. The third kappa shape index (κ3) is 8.18. The van der Waals surface area contributed by atoms with Crippen molar-refractivity contribution in [3.8, 4) is 11.5 Å². The molecular weight excluding hydrogens is 372 g/mol. The van der Waals surface area contributed by atoms with Gasteiger partial charge in [-0.2, -0.15) is 0 Å². The van der Waals surface area contributed by atoms with Crippen LogP contribution in [0.15, 0.2) is 30.3 Å². The molecule has 3 nitrogen and oxygen atoms in total. The predicted molar refractivity (Wildman–Crippen MR) is 128 cm³/mol. The van der Waals surface area contributed by atoms with Gasteiger partial charge in [0.05, 0.1) is 19.8 Å². The number of benzene rings is 2. The molecule has 0 saturated heterocycles. The number of ether oxygens (including phenoxy) is 2. The van der Waals surface area contributed by atoms with Crippen molar-refractivity contribution in [3.05, 3.63) is 35.9 Å². The molecule has 30 heavy (non-hydrogen) atoms. The standard InChI is InChI=1S/C27H42O3/c1-3-5-7-9-11-15-19-29-26-21-23(22-28)27(25-18-14-13-17-24(25)26)30-20-16-12-10-8-6-4-2/h13-14,17-18,21,28H,3-12,15-16,19-20,22H2,1-2H3. The SMILES string of the molecule is CCCCCCCCOc1cc(CO)c(OCCCCCCCC)c2ccccc12. The van der Waals surface area contributed by atoms with Gasteiger partial charge >= 0.3 is 0 Å². The van der Waals surface area contributed by atoms with Gasteiger partial charge in [-0.25, -0.2) is 0 Å². The molecule has 0 bridgehead atoms. The fourth-order valence-electron chi connectivity index (χ4n) is 3.90.